The number of nitrogens with zero attached hydrogens (tertiary/aromatic N) is 3. The van der Waals surface area contributed by atoms with Crippen LogP contribution in [0.4, 0.5) is 5.13 Å². The van der Waals surface area contributed by atoms with E-state index in [1.807, 2.05) is 16.5 Å². The molecule has 5 heteroatoms. The molecule has 2 rings (SSSR count). The zero-order chi connectivity index (χ0) is 14.2. The molecule has 0 saturated carbocycles. The molecule has 4 nitrogen and oxygen atoms in total. The van der Waals surface area contributed by atoms with E-state index in [9.17, 15) is 4.79 Å². The van der Waals surface area contributed by atoms with E-state index < -0.39 is 0 Å². The van der Waals surface area contributed by atoms with Gasteiger partial charge < -0.3 is 9.80 Å². The Morgan fingerprint density at radius 1 is 1.20 bits per heavy atom. The quantitative estimate of drug-likeness (QED) is 0.725. The summed E-state index contributed by atoms with van der Waals surface area (Å²) < 4.78 is 0. The lowest BCUT2D eigenvalue weighted by Crippen LogP contribution is -2.48. The zero-order valence-electron chi connectivity index (χ0n) is 12.4. The van der Waals surface area contributed by atoms with Crippen molar-refractivity contribution in [1.29, 1.82) is 0 Å². The largest absolute Gasteiger partial charge is 0.345 e. The second-order valence-electron chi connectivity index (χ2n) is 5.35. The van der Waals surface area contributed by atoms with Gasteiger partial charge in [-0.15, -0.1) is 11.3 Å². The van der Waals surface area contributed by atoms with Gasteiger partial charge in [0.15, 0.2) is 5.13 Å². The number of piperazine rings is 1. The summed E-state index contributed by atoms with van der Waals surface area (Å²) in [4.78, 5) is 20.7. The number of aromatic nitrogens is 1. The number of anilines is 1. The average Bonchev–Trinajstić information content (AvgIpc) is 3.01. The fraction of sp³-hybridized carbons (Fsp3) is 0.733. The van der Waals surface area contributed by atoms with Crippen LogP contribution < -0.4 is 4.90 Å². The average molecular weight is 295 g/mol. The third-order valence-electron chi connectivity index (χ3n) is 3.82. The Morgan fingerprint density at radius 3 is 2.60 bits per heavy atom. The van der Waals surface area contributed by atoms with Crippen molar-refractivity contribution in [3.8, 4) is 0 Å². The van der Waals surface area contributed by atoms with Gasteiger partial charge in [-0.25, -0.2) is 4.98 Å². The number of carbonyl (C=O) groups is 1. The van der Waals surface area contributed by atoms with Crippen LogP contribution in [0.25, 0.3) is 0 Å². The molecule has 1 amide bonds. The van der Waals surface area contributed by atoms with Crippen LogP contribution in [0.2, 0.25) is 0 Å². The third kappa shape index (κ3) is 4.47. The van der Waals surface area contributed by atoms with Crippen LogP contribution in [0.5, 0.6) is 0 Å². The second kappa shape index (κ2) is 8.25. The van der Waals surface area contributed by atoms with E-state index in [1.165, 1.54) is 25.7 Å². The molecule has 0 aromatic carbocycles. The second-order valence-corrected chi connectivity index (χ2v) is 6.22. The van der Waals surface area contributed by atoms with Crippen LogP contribution in [-0.4, -0.2) is 42.0 Å². The Kier molecular flexibility index (Phi) is 6.30. The molecule has 1 aliphatic rings. The Labute approximate surface area is 125 Å². The SMILES string of the molecule is CCCCCCCC(=O)N1CCN(c2nccs2)CC1. The van der Waals surface area contributed by atoms with Gasteiger partial charge in [0, 0.05) is 44.2 Å². The normalized spacial score (nSPS) is 15.7. The molecule has 1 saturated heterocycles. The summed E-state index contributed by atoms with van der Waals surface area (Å²) in [5, 5.41) is 3.08. The molecule has 112 valence electrons. The monoisotopic (exact) mass is 295 g/mol. The number of rotatable bonds is 7. The van der Waals surface area contributed by atoms with Gasteiger partial charge in [-0.2, -0.15) is 0 Å². The highest BCUT2D eigenvalue weighted by molar-refractivity contribution is 7.13. The molecule has 2 heterocycles. The Bertz CT molecular complexity index is 386. The van der Waals surface area contributed by atoms with Crippen molar-refractivity contribution in [1.82, 2.24) is 9.88 Å². The van der Waals surface area contributed by atoms with Crippen molar-refractivity contribution in [3.63, 3.8) is 0 Å². The van der Waals surface area contributed by atoms with Crippen LogP contribution in [0.1, 0.15) is 45.4 Å². The van der Waals surface area contributed by atoms with Crippen molar-refractivity contribution in [2.24, 2.45) is 0 Å². The summed E-state index contributed by atoms with van der Waals surface area (Å²) in [5.41, 5.74) is 0. The van der Waals surface area contributed by atoms with E-state index in [1.54, 1.807) is 11.3 Å². The number of hydrogen-bond acceptors (Lipinski definition) is 4. The maximum atomic E-state index is 12.1. The lowest BCUT2D eigenvalue weighted by Gasteiger charge is -2.34. The van der Waals surface area contributed by atoms with E-state index in [0.29, 0.717) is 5.91 Å². The van der Waals surface area contributed by atoms with Crippen molar-refractivity contribution in [2.75, 3.05) is 31.1 Å². The first-order valence-corrected chi connectivity index (χ1v) is 8.61. The summed E-state index contributed by atoms with van der Waals surface area (Å²) >= 11 is 1.67. The molecule has 0 bridgehead atoms. The van der Waals surface area contributed by atoms with Gasteiger partial charge in [0.2, 0.25) is 5.91 Å². The van der Waals surface area contributed by atoms with Gasteiger partial charge in [-0.3, -0.25) is 4.79 Å². The minimum atomic E-state index is 0.334. The van der Waals surface area contributed by atoms with E-state index in [4.69, 9.17) is 0 Å². The van der Waals surface area contributed by atoms with E-state index in [0.717, 1.165) is 44.2 Å². The van der Waals surface area contributed by atoms with Gasteiger partial charge in [0.25, 0.3) is 0 Å². The topological polar surface area (TPSA) is 36.4 Å². The number of unbranched alkanes of at least 4 members (excludes halogenated alkanes) is 4. The summed E-state index contributed by atoms with van der Waals surface area (Å²) in [6, 6.07) is 0. The van der Waals surface area contributed by atoms with E-state index in [-0.39, 0.29) is 0 Å². The van der Waals surface area contributed by atoms with Crippen LogP contribution in [0, 0.1) is 0 Å². The number of thiazole rings is 1. The minimum absolute atomic E-state index is 0.334. The predicted octanol–water partition coefficient (Wildman–Crippen LogP) is 3.15. The summed E-state index contributed by atoms with van der Waals surface area (Å²) in [7, 11) is 0. The van der Waals surface area contributed by atoms with Crippen molar-refractivity contribution in [3.05, 3.63) is 11.6 Å². The van der Waals surface area contributed by atoms with E-state index >= 15 is 0 Å². The van der Waals surface area contributed by atoms with Crippen LogP contribution in [0.3, 0.4) is 0 Å². The molecular formula is C15H25N3OS. The first-order chi connectivity index (χ1) is 9.81. The van der Waals surface area contributed by atoms with Gasteiger partial charge in [-0.05, 0) is 6.42 Å². The highest BCUT2D eigenvalue weighted by atomic mass is 32.1. The maximum absolute atomic E-state index is 12.1. The van der Waals surface area contributed by atoms with Gasteiger partial charge in [0.05, 0.1) is 0 Å². The molecule has 0 spiro atoms. The summed E-state index contributed by atoms with van der Waals surface area (Å²) in [6.45, 7) is 5.72. The molecule has 0 unspecified atom stereocenters. The Morgan fingerprint density at radius 2 is 1.95 bits per heavy atom. The first-order valence-electron chi connectivity index (χ1n) is 7.73. The molecular weight excluding hydrogens is 270 g/mol. The van der Waals surface area contributed by atoms with Crippen LogP contribution in [0.15, 0.2) is 11.6 Å². The smallest absolute Gasteiger partial charge is 0.222 e. The van der Waals surface area contributed by atoms with E-state index in [2.05, 4.69) is 16.8 Å². The lowest BCUT2D eigenvalue weighted by molar-refractivity contribution is -0.131. The molecule has 1 aromatic rings. The Hall–Kier alpha value is -1.10. The molecule has 1 aromatic heterocycles. The maximum Gasteiger partial charge on any atom is 0.222 e. The standard InChI is InChI=1S/C15H25N3OS/c1-2-3-4-5-6-7-14(19)17-9-11-18(12-10-17)15-16-8-13-20-15/h8,13H,2-7,9-12H2,1H3. The fourth-order valence-electron chi connectivity index (χ4n) is 2.56. The summed E-state index contributed by atoms with van der Waals surface area (Å²) in [6.07, 6.45) is 8.62. The fourth-order valence-corrected chi connectivity index (χ4v) is 3.25. The molecule has 1 fully saturated rings. The van der Waals surface area contributed by atoms with Crippen LogP contribution >= 0.6 is 11.3 Å². The number of hydrogen-bond donors (Lipinski definition) is 0. The van der Waals surface area contributed by atoms with Crippen molar-refractivity contribution in [2.45, 2.75) is 45.4 Å². The van der Waals surface area contributed by atoms with Crippen molar-refractivity contribution >= 4 is 22.4 Å². The van der Waals surface area contributed by atoms with Gasteiger partial charge in [0.1, 0.15) is 0 Å². The predicted molar refractivity (Wildman–Crippen MR) is 84.3 cm³/mol. The van der Waals surface area contributed by atoms with Gasteiger partial charge in [-0.1, -0.05) is 32.6 Å². The number of carbonyl (C=O) groups excluding carboxylic acids is 1. The number of amides is 1. The van der Waals surface area contributed by atoms with Crippen molar-refractivity contribution < 1.29 is 4.79 Å². The summed E-state index contributed by atoms with van der Waals surface area (Å²) in [5.74, 6) is 0.334. The lowest BCUT2D eigenvalue weighted by atomic mass is 10.1. The highest BCUT2D eigenvalue weighted by Gasteiger charge is 2.21. The Balaban J connectivity index is 1.64. The molecule has 0 radical (unpaired) electrons. The first kappa shape index (κ1) is 15.3. The highest BCUT2D eigenvalue weighted by Crippen LogP contribution is 2.19. The van der Waals surface area contributed by atoms with Crippen LogP contribution in [-0.2, 0) is 4.79 Å². The molecule has 20 heavy (non-hydrogen) atoms. The third-order valence-corrected chi connectivity index (χ3v) is 4.65. The molecule has 0 N–H and O–H groups in total. The molecule has 0 atom stereocenters. The molecule has 0 aliphatic carbocycles. The van der Waals surface area contributed by atoms with Gasteiger partial charge >= 0.3 is 0 Å². The minimum Gasteiger partial charge on any atom is -0.345 e. The molecule has 1 aliphatic heterocycles. The zero-order valence-corrected chi connectivity index (χ0v) is 13.2.